The van der Waals surface area contributed by atoms with E-state index in [4.69, 9.17) is 24.2 Å². The molecule has 4 heterocycles. The van der Waals surface area contributed by atoms with E-state index in [-0.39, 0.29) is 67.7 Å². The highest BCUT2D eigenvalue weighted by Crippen LogP contribution is 2.74. The van der Waals surface area contributed by atoms with Gasteiger partial charge >= 0.3 is 5.97 Å². The van der Waals surface area contributed by atoms with Crippen LogP contribution in [0.15, 0.2) is 29.6 Å². The number of hydrogen-bond acceptors (Lipinski definition) is 11. The number of aromatic nitrogens is 2. The molecule has 12 nitrogen and oxygen atoms in total. The summed E-state index contributed by atoms with van der Waals surface area (Å²) >= 11 is 1.49. The zero-order valence-corrected chi connectivity index (χ0v) is 36.3. The lowest BCUT2D eigenvalue weighted by Gasteiger charge is -2.30. The maximum absolute atomic E-state index is 14.8. The van der Waals surface area contributed by atoms with Gasteiger partial charge in [0.25, 0.3) is 0 Å². The average Bonchev–Trinajstić information content (AvgIpc) is 3.60. The normalized spacial score (nSPS) is 27.0. The van der Waals surface area contributed by atoms with Crippen LogP contribution in [0, 0.1) is 11.8 Å². The van der Waals surface area contributed by atoms with Gasteiger partial charge < -0.3 is 29.3 Å². The Morgan fingerprint density at radius 1 is 1.02 bits per heavy atom. The van der Waals surface area contributed by atoms with Crippen molar-refractivity contribution in [3.05, 3.63) is 29.6 Å². The Bertz CT molecular complexity index is 2000. The molecule has 0 radical (unpaired) electrons. The Hall–Kier alpha value is -3.54. The van der Waals surface area contributed by atoms with Gasteiger partial charge in [-0.05, 0) is 83.3 Å². The molecule has 7 rings (SSSR count). The molecule has 3 aromatic rings. The molecule has 2 aliphatic carbocycles. The lowest BCUT2D eigenvalue weighted by molar-refractivity contribution is -0.154. The number of esters is 1. The van der Waals surface area contributed by atoms with Crippen molar-refractivity contribution in [2.75, 3.05) is 25.1 Å². The summed E-state index contributed by atoms with van der Waals surface area (Å²) in [5, 5.41) is 5.87. The van der Waals surface area contributed by atoms with Gasteiger partial charge in [0.15, 0.2) is 10.9 Å². The van der Waals surface area contributed by atoms with E-state index < -0.39 is 30.6 Å². The van der Waals surface area contributed by atoms with Crippen molar-refractivity contribution in [2.24, 2.45) is 11.8 Å². The number of fused-ring (bicyclic) bond motifs is 3. The number of Topliss-reactive ketones (excluding diaryl/α,β-unsaturated/α-hetero) is 1. The van der Waals surface area contributed by atoms with Crippen LogP contribution < -0.4 is 14.8 Å². The van der Waals surface area contributed by atoms with Crippen molar-refractivity contribution in [1.82, 2.24) is 14.9 Å². The van der Waals surface area contributed by atoms with Gasteiger partial charge in [0.05, 0.1) is 42.5 Å². The second kappa shape index (κ2) is 18.4. The average molecular weight is 837 g/mol. The number of carbonyl (C=O) groups is 3. The number of methoxy groups -OCH3 is 1. The van der Waals surface area contributed by atoms with Crippen LogP contribution >= 0.6 is 18.7 Å². The fourth-order valence-electron chi connectivity index (χ4n) is 9.60. The van der Waals surface area contributed by atoms with Gasteiger partial charge in [0, 0.05) is 53.9 Å². The van der Waals surface area contributed by atoms with Crippen molar-refractivity contribution in [2.45, 2.75) is 153 Å². The summed E-state index contributed by atoms with van der Waals surface area (Å²) in [6.45, 7) is 6.15. The standard InChI is InChI=1S/C44H61N4O8PS/c1-5-19-57(52,53)44-24-30(44)14-10-8-6-7-9-13-29(20-41(50)56-31-15-11-12-16-31)42(51)48-26-33(22-38(48)39(49)25-44)55-40-23-36(37-27-58-43(47-37)45-28(2)3)46-35-21-32(54-4)17-18-34(35)40/h17-18,21,23,27-31,33,38H,5-16,19-20,22,24-26H2,1-4H3,(H,45,47)(H,52,53)/t29-,30-,33-,38+,44-/m1/s1. The molecular weight excluding hydrogens is 776 g/mol. The SMILES string of the molecule is CCCP(=O)(O)[C@]12CC(=O)[C@@H]3C[C@@H](Oc4cc(-c5csc(NC(C)C)n5)nc5cc(OC)ccc45)CN3C(=O)[C@@H](CC(=O)OC3CCCC3)CCCCCCC[C@@H]1C2. The molecule has 0 bridgehead atoms. The molecule has 2 aliphatic heterocycles. The summed E-state index contributed by atoms with van der Waals surface area (Å²) in [4.78, 5) is 65.8. The van der Waals surface area contributed by atoms with Crippen LogP contribution in [0.2, 0.25) is 0 Å². The Kier molecular flexibility index (Phi) is 13.5. The number of amides is 1. The summed E-state index contributed by atoms with van der Waals surface area (Å²) in [6.07, 6.45) is 10.5. The third-order valence-electron chi connectivity index (χ3n) is 12.7. The van der Waals surface area contributed by atoms with E-state index in [1.54, 1.807) is 12.0 Å². The van der Waals surface area contributed by atoms with Crippen LogP contribution in [0.3, 0.4) is 0 Å². The minimum atomic E-state index is -3.66. The van der Waals surface area contributed by atoms with Crippen LogP contribution in [0.1, 0.15) is 124 Å². The molecular formula is C44H61N4O8PS. The van der Waals surface area contributed by atoms with Crippen LogP contribution in [0.5, 0.6) is 11.5 Å². The van der Waals surface area contributed by atoms with Crippen LogP contribution in [-0.2, 0) is 23.7 Å². The zero-order valence-electron chi connectivity index (χ0n) is 34.6. The van der Waals surface area contributed by atoms with E-state index in [2.05, 4.69) is 19.2 Å². The predicted octanol–water partition coefficient (Wildman–Crippen LogP) is 9.17. The van der Waals surface area contributed by atoms with E-state index >= 15 is 0 Å². The first-order valence-corrected chi connectivity index (χ1v) is 24.3. The number of nitrogens with zero attached hydrogens (tertiary/aromatic N) is 3. The Balaban J connectivity index is 1.21. The molecule has 14 heteroatoms. The van der Waals surface area contributed by atoms with Crippen molar-refractivity contribution >= 4 is 52.4 Å². The molecule has 4 aliphatic rings. The number of anilines is 1. The maximum atomic E-state index is 14.8. The van der Waals surface area contributed by atoms with Crippen LogP contribution in [-0.4, -0.2) is 86.7 Å². The van der Waals surface area contributed by atoms with Crippen molar-refractivity contribution in [3.8, 4) is 22.9 Å². The number of pyridine rings is 1. The fourth-order valence-corrected chi connectivity index (χ4v) is 13.1. The number of thiazole rings is 1. The summed E-state index contributed by atoms with van der Waals surface area (Å²) < 4.78 is 32.3. The van der Waals surface area contributed by atoms with E-state index in [0.29, 0.717) is 47.7 Å². The number of benzene rings is 1. The van der Waals surface area contributed by atoms with Gasteiger partial charge in [0.1, 0.15) is 29.4 Å². The molecule has 4 fully saturated rings. The predicted molar refractivity (Wildman–Crippen MR) is 227 cm³/mol. The van der Waals surface area contributed by atoms with Crippen molar-refractivity contribution in [1.29, 1.82) is 0 Å². The van der Waals surface area contributed by atoms with Gasteiger partial charge in [-0.25, -0.2) is 9.97 Å². The summed E-state index contributed by atoms with van der Waals surface area (Å²) in [7, 11) is -2.06. The minimum Gasteiger partial charge on any atom is -0.497 e. The second-order valence-corrected chi connectivity index (χ2v) is 21.0. The number of ether oxygens (including phenoxy) is 3. The number of ketones is 1. The zero-order chi connectivity index (χ0) is 41.0. The van der Waals surface area contributed by atoms with Crippen molar-refractivity contribution in [3.63, 3.8) is 0 Å². The Labute approximate surface area is 346 Å². The molecule has 6 atom stereocenters. The van der Waals surface area contributed by atoms with Crippen LogP contribution in [0.25, 0.3) is 22.3 Å². The highest BCUT2D eigenvalue weighted by molar-refractivity contribution is 7.60. The fraction of sp³-hybridized carbons (Fsp3) is 0.659. The van der Waals surface area contributed by atoms with Crippen LogP contribution in [0.4, 0.5) is 5.13 Å². The molecule has 2 saturated heterocycles. The van der Waals surface area contributed by atoms with E-state index in [9.17, 15) is 23.8 Å². The third kappa shape index (κ3) is 9.57. The monoisotopic (exact) mass is 836 g/mol. The smallest absolute Gasteiger partial charge is 0.306 e. The Morgan fingerprint density at radius 3 is 2.50 bits per heavy atom. The van der Waals surface area contributed by atoms with Gasteiger partial charge in [-0.1, -0.05) is 39.0 Å². The number of carbonyl (C=O) groups excluding carboxylic acids is 3. The van der Waals surface area contributed by atoms with Crippen molar-refractivity contribution < 1.29 is 38.1 Å². The molecule has 316 valence electrons. The highest BCUT2D eigenvalue weighted by Gasteiger charge is 2.65. The minimum absolute atomic E-state index is 0.0141. The lowest BCUT2D eigenvalue weighted by Crippen LogP contribution is -2.45. The third-order valence-corrected chi connectivity index (χ3v) is 16.7. The quantitative estimate of drug-likeness (QED) is 0.132. The first kappa shape index (κ1) is 42.6. The molecule has 0 spiro atoms. The summed E-state index contributed by atoms with van der Waals surface area (Å²) in [6, 6.07) is 6.81. The first-order valence-electron chi connectivity index (χ1n) is 21.6. The second-order valence-electron chi connectivity index (χ2n) is 17.4. The molecule has 1 amide bonds. The molecule has 2 aromatic heterocycles. The van der Waals surface area contributed by atoms with Gasteiger partial charge in [-0.2, -0.15) is 0 Å². The molecule has 1 aromatic carbocycles. The number of nitrogens with one attached hydrogen (secondary N) is 1. The lowest BCUT2D eigenvalue weighted by atomic mass is 9.94. The van der Waals surface area contributed by atoms with E-state index in [1.807, 2.05) is 36.6 Å². The van der Waals surface area contributed by atoms with Gasteiger partial charge in [0.2, 0.25) is 13.3 Å². The van der Waals surface area contributed by atoms with Gasteiger partial charge in [-0.15, -0.1) is 11.3 Å². The molecule has 58 heavy (non-hydrogen) atoms. The summed E-state index contributed by atoms with van der Waals surface area (Å²) in [5.74, 6) is -0.257. The molecule has 1 unspecified atom stereocenters. The molecule has 2 N–H and O–H groups in total. The molecule has 2 saturated carbocycles. The number of hydrogen-bond donors (Lipinski definition) is 2. The highest BCUT2D eigenvalue weighted by atomic mass is 32.1. The first-order chi connectivity index (χ1) is 27.9. The van der Waals surface area contributed by atoms with E-state index in [1.165, 1.54) is 11.3 Å². The topological polar surface area (TPSA) is 157 Å². The Morgan fingerprint density at radius 2 is 1.76 bits per heavy atom. The largest absolute Gasteiger partial charge is 0.497 e. The van der Waals surface area contributed by atoms with E-state index in [0.717, 1.165) is 74.7 Å². The summed E-state index contributed by atoms with van der Waals surface area (Å²) in [5.41, 5.74) is 1.95. The van der Waals surface area contributed by atoms with Gasteiger partial charge in [-0.3, -0.25) is 18.9 Å². The maximum Gasteiger partial charge on any atom is 0.306 e. The number of rotatable bonds is 12.